The Labute approximate surface area is 117 Å². The zero-order chi connectivity index (χ0) is 14.5. The number of nitrogens with one attached hydrogen (secondary N) is 1. The van der Waals surface area contributed by atoms with Gasteiger partial charge in [0.25, 0.3) is 0 Å². The van der Waals surface area contributed by atoms with Crippen LogP contribution in [0.15, 0.2) is 6.07 Å². The summed E-state index contributed by atoms with van der Waals surface area (Å²) in [7, 11) is 0. The molecule has 1 aromatic heterocycles. The van der Waals surface area contributed by atoms with Crippen LogP contribution < -0.4 is 5.32 Å². The van der Waals surface area contributed by atoms with Crippen molar-refractivity contribution in [3.8, 4) is 0 Å². The smallest absolute Gasteiger partial charge is 0.0610 e. The maximum Gasteiger partial charge on any atom is 0.0610 e. The van der Waals surface area contributed by atoms with Crippen molar-refractivity contribution in [3.05, 3.63) is 17.5 Å². The third-order valence-corrected chi connectivity index (χ3v) is 3.44. The highest BCUT2D eigenvalue weighted by Gasteiger charge is 2.22. The largest absolute Gasteiger partial charge is 0.394 e. The Morgan fingerprint density at radius 3 is 2.53 bits per heavy atom. The SMILES string of the molecule is Cc1cc(C)n(CCCCC(C)(CO)NC(C)C)n1. The molecule has 0 bridgehead atoms. The van der Waals surface area contributed by atoms with Gasteiger partial charge in [-0.2, -0.15) is 5.10 Å². The molecule has 0 radical (unpaired) electrons. The van der Waals surface area contributed by atoms with Crippen LogP contribution in [0.25, 0.3) is 0 Å². The molecule has 1 atom stereocenters. The van der Waals surface area contributed by atoms with Gasteiger partial charge in [-0.3, -0.25) is 4.68 Å². The first-order valence-electron chi connectivity index (χ1n) is 7.26. The second-order valence-electron chi connectivity index (χ2n) is 6.13. The second-order valence-corrected chi connectivity index (χ2v) is 6.13. The maximum atomic E-state index is 9.52. The Kier molecular flexibility index (Phi) is 6.01. The highest BCUT2D eigenvalue weighted by molar-refractivity contribution is 5.06. The Balaban J connectivity index is 2.35. The summed E-state index contributed by atoms with van der Waals surface area (Å²) < 4.78 is 2.07. The summed E-state index contributed by atoms with van der Waals surface area (Å²) in [5.41, 5.74) is 2.14. The van der Waals surface area contributed by atoms with Gasteiger partial charge in [0.05, 0.1) is 12.3 Å². The molecule has 1 unspecified atom stereocenters. The van der Waals surface area contributed by atoms with Crippen molar-refractivity contribution in [2.75, 3.05) is 6.61 Å². The van der Waals surface area contributed by atoms with Crippen LogP contribution in [0.3, 0.4) is 0 Å². The van der Waals surface area contributed by atoms with Crippen LogP contribution in [-0.2, 0) is 6.54 Å². The monoisotopic (exact) mass is 267 g/mol. The molecular formula is C15H29N3O. The van der Waals surface area contributed by atoms with Gasteiger partial charge in [0.1, 0.15) is 0 Å². The third kappa shape index (κ3) is 5.33. The maximum absolute atomic E-state index is 9.52. The van der Waals surface area contributed by atoms with E-state index in [9.17, 15) is 5.11 Å². The van der Waals surface area contributed by atoms with Gasteiger partial charge in [-0.1, -0.05) is 13.8 Å². The topological polar surface area (TPSA) is 50.1 Å². The molecule has 2 N–H and O–H groups in total. The number of aromatic nitrogens is 2. The van der Waals surface area contributed by atoms with Crippen LogP contribution in [0.5, 0.6) is 0 Å². The van der Waals surface area contributed by atoms with Gasteiger partial charge in [0.2, 0.25) is 0 Å². The average molecular weight is 267 g/mol. The van der Waals surface area contributed by atoms with E-state index < -0.39 is 0 Å². The van der Waals surface area contributed by atoms with Gasteiger partial charge in [-0.05, 0) is 46.1 Å². The number of hydrogen-bond acceptors (Lipinski definition) is 3. The zero-order valence-corrected chi connectivity index (χ0v) is 13.0. The molecule has 0 aliphatic rings. The van der Waals surface area contributed by atoms with E-state index in [4.69, 9.17) is 0 Å². The number of aliphatic hydroxyl groups excluding tert-OH is 1. The van der Waals surface area contributed by atoms with E-state index in [2.05, 4.69) is 48.9 Å². The predicted octanol–water partition coefficient (Wildman–Crippen LogP) is 2.42. The molecule has 1 heterocycles. The highest BCUT2D eigenvalue weighted by Crippen LogP contribution is 2.15. The van der Waals surface area contributed by atoms with E-state index in [0.717, 1.165) is 31.5 Å². The van der Waals surface area contributed by atoms with Gasteiger partial charge < -0.3 is 10.4 Å². The lowest BCUT2D eigenvalue weighted by Crippen LogP contribution is -2.49. The summed E-state index contributed by atoms with van der Waals surface area (Å²) in [4.78, 5) is 0. The Hall–Kier alpha value is -0.870. The summed E-state index contributed by atoms with van der Waals surface area (Å²) in [5.74, 6) is 0. The van der Waals surface area contributed by atoms with Crippen molar-refractivity contribution < 1.29 is 5.11 Å². The Morgan fingerprint density at radius 2 is 2.05 bits per heavy atom. The molecule has 4 heteroatoms. The number of unbranched alkanes of at least 4 members (excludes halogenated alkanes) is 1. The zero-order valence-electron chi connectivity index (χ0n) is 13.0. The summed E-state index contributed by atoms with van der Waals surface area (Å²) in [6.07, 6.45) is 3.17. The van der Waals surface area contributed by atoms with E-state index >= 15 is 0 Å². The molecular weight excluding hydrogens is 238 g/mol. The lowest BCUT2D eigenvalue weighted by atomic mass is 9.95. The number of hydrogen-bond donors (Lipinski definition) is 2. The predicted molar refractivity (Wildman–Crippen MR) is 79.3 cm³/mol. The molecule has 0 saturated carbocycles. The molecule has 0 spiro atoms. The van der Waals surface area contributed by atoms with E-state index in [1.165, 1.54) is 5.69 Å². The molecule has 0 aromatic carbocycles. The summed E-state index contributed by atoms with van der Waals surface area (Å²) in [6, 6.07) is 2.51. The number of nitrogens with zero attached hydrogens (tertiary/aromatic N) is 2. The first-order valence-corrected chi connectivity index (χ1v) is 7.26. The molecule has 1 aromatic rings. The molecule has 0 amide bonds. The van der Waals surface area contributed by atoms with Crippen LogP contribution >= 0.6 is 0 Å². The Morgan fingerprint density at radius 1 is 1.37 bits per heavy atom. The lowest BCUT2D eigenvalue weighted by Gasteiger charge is -2.31. The Bertz CT molecular complexity index is 387. The molecule has 0 saturated heterocycles. The van der Waals surface area contributed by atoms with Crippen molar-refractivity contribution >= 4 is 0 Å². The van der Waals surface area contributed by atoms with E-state index in [0.29, 0.717) is 6.04 Å². The molecule has 0 aliphatic carbocycles. The van der Waals surface area contributed by atoms with Crippen molar-refractivity contribution in [2.45, 2.75) is 72.0 Å². The van der Waals surface area contributed by atoms with Crippen molar-refractivity contribution in [1.29, 1.82) is 0 Å². The first kappa shape index (κ1) is 16.2. The molecule has 1 rings (SSSR count). The minimum absolute atomic E-state index is 0.163. The van der Waals surface area contributed by atoms with Crippen LogP contribution in [0.1, 0.15) is 51.4 Å². The van der Waals surface area contributed by atoms with Gasteiger partial charge in [-0.25, -0.2) is 0 Å². The van der Waals surface area contributed by atoms with Crippen LogP contribution in [0.2, 0.25) is 0 Å². The van der Waals surface area contributed by atoms with Crippen molar-refractivity contribution in [2.24, 2.45) is 0 Å². The first-order chi connectivity index (χ1) is 8.86. The van der Waals surface area contributed by atoms with Gasteiger partial charge >= 0.3 is 0 Å². The van der Waals surface area contributed by atoms with Crippen molar-refractivity contribution in [3.63, 3.8) is 0 Å². The van der Waals surface area contributed by atoms with Gasteiger partial charge in [0, 0.05) is 23.8 Å². The molecule has 0 aliphatic heterocycles. The van der Waals surface area contributed by atoms with E-state index in [-0.39, 0.29) is 12.1 Å². The van der Waals surface area contributed by atoms with E-state index in [1.54, 1.807) is 0 Å². The second kappa shape index (κ2) is 7.06. The van der Waals surface area contributed by atoms with Crippen LogP contribution in [0.4, 0.5) is 0 Å². The molecule has 110 valence electrons. The standard InChI is InChI=1S/C15H29N3O/c1-12(2)16-15(5,11-19)8-6-7-9-18-14(4)10-13(3)17-18/h10,12,16,19H,6-9,11H2,1-5H3. The fourth-order valence-electron chi connectivity index (χ4n) is 2.57. The molecule has 19 heavy (non-hydrogen) atoms. The third-order valence-electron chi connectivity index (χ3n) is 3.44. The van der Waals surface area contributed by atoms with Gasteiger partial charge in [0.15, 0.2) is 0 Å². The van der Waals surface area contributed by atoms with Gasteiger partial charge in [-0.15, -0.1) is 0 Å². The number of aliphatic hydroxyl groups is 1. The number of aryl methyl sites for hydroxylation is 3. The summed E-state index contributed by atoms with van der Waals surface area (Å²) >= 11 is 0. The fraction of sp³-hybridized carbons (Fsp3) is 0.800. The molecule has 0 fully saturated rings. The normalized spacial score (nSPS) is 14.9. The fourth-order valence-corrected chi connectivity index (χ4v) is 2.57. The van der Waals surface area contributed by atoms with Crippen LogP contribution in [-0.4, -0.2) is 33.1 Å². The summed E-state index contributed by atoms with van der Waals surface area (Å²) in [5, 5.41) is 17.4. The van der Waals surface area contributed by atoms with E-state index in [1.807, 2.05) is 6.92 Å². The quantitative estimate of drug-likeness (QED) is 0.711. The van der Waals surface area contributed by atoms with Crippen molar-refractivity contribution in [1.82, 2.24) is 15.1 Å². The lowest BCUT2D eigenvalue weighted by molar-refractivity contribution is 0.153. The molecule has 4 nitrogen and oxygen atoms in total. The number of rotatable bonds is 8. The minimum Gasteiger partial charge on any atom is -0.394 e. The minimum atomic E-state index is -0.163. The highest BCUT2D eigenvalue weighted by atomic mass is 16.3. The summed E-state index contributed by atoms with van der Waals surface area (Å²) in [6.45, 7) is 11.6. The van der Waals surface area contributed by atoms with Crippen LogP contribution in [0, 0.1) is 13.8 Å². The average Bonchev–Trinajstić information content (AvgIpc) is 2.63.